The average molecular weight is 221 g/mol. The number of aromatic nitrogens is 1. The Kier molecular flexibility index (Phi) is 2.34. The standard InChI is InChI=1S/C9H7N3O2S/c10-6-2-1-3-7(12(13)14)8(6)9-11-4-5-15-9/h1-5H,10H2. The van der Waals surface area contributed by atoms with Crippen molar-refractivity contribution in [1.82, 2.24) is 4.98 Å². The van der Waals surface area contributed by atoms with Crippen LogP contribution in [-0.2, 0) is 0 Å². The zero-order chi connectivity index (χ0) is 10.8. The Morgan fingerprint density at radius 3 is 2.87 bits per heavy atom. The fourth-order valence-electron chi connectivity index (χ4n) is 1.29. The van der Waals surface area contributed by atoms with Gasteiger partial charge in [0.05, 0.1) is 4.92 Å². The van der Waals surface area contributed by atoms with Crippen molar-refractivity contribution in [3.8, 4) is 10.6 Å². The summed E-state index contributed by atoms with van der Waals surface area (Å²) in [5.74, 6) is 0. The Bertz CT molecular complexity index is 496. The second-order valence-corrected chi connectivity index (χ2v) is 3.73. The van der Waals surface area contributed by atoms with Gasteiger partial charge in [-0.3, -0.25) is 10.1 Å². The molecule has 0 amide bonds. The molecule has 15 heavy (non-hydrogen) atoms. The molecule has 0 aliphatic carbocycles. The molecule has 1 aromatic carbocycles. The molecule has 2 aromatic rings. The number of rotatable bonds is 2. The Morgan fingerprint density at radius 2 is 2.27 bits per heavy atom. The third-order valence-electron chi connectivity index (χ3n) is 1.92. The van der Waals surface area contributed by atoms with E-state index in [1.54, 1.807) is 23.7 Å². The van der Waals surface area contributed by atoms with E-state index < -0.39 is 4.92 Å². The van der Waals surface area contributed by atoms with E-state index in [9.17, 15) is 10.1 Å². The van der Waals surface area contributed by atoms with E-state index in [2.05, 4.69) is 4.98 Å². The van der Waals surface area contributed by atoms with Crippen LogP contribution in [-0.4, -0.2) is 9.91 Å². The van der Waals surface area contributed by atoms with E-state index in [1.165, 1.54) is 17.4 Å². The van der Waals surface area contributed by atoms with E-state index in [0.29, 0.717) is 16.3 Å². The van der Waals surface area contributed by atoms with Crippen molar-refractivity contribution < 1.29 is 4.92 Å². The number of thiazole rings is 1. The van der Waals surface area contributed by atoms with Gasteiger partial charge in [-0.25, -0.2) is 4.98 Å². The first-order valence-electron chi connectivity index (χ1n) is 4.13. The molecule has 0 unspecified atom stereocenters. The average Bonchev–Trinajstić information content (AvgIpc) is 2.70. The minimum atomic E-state index is -0.451. The lowest BCUT2D eigenvalue weighted by molar-refractivity contribution is -0.384. The molecule has 0 saturated carbocycles. The normalized spacial score (nSPS) is 10.1. The second-order valence-electron chi connectivity index (χ2n) is 2.84. The van der Waals surface area contributed by atoms with Crippen molar-refractivity contribution in [2.45, 2.75) is 0 Å². The minimum absolute atomic E-state index is 0.00931. The lowest BCUT2D eigenvalue weighted by atomic mass is 10.1. The summed E-state index contributed by atoms with van der Waals surface area (Å²) >= 11 is 1.33. The maximum absolute atomic E-state index is 10.8. The number of nitro benzene ring substituents is 1. The van der Waals surface area contributed by atoms with E-state index >= 15 is 0 Å². The molecule has 0 spiro atoms. The molecular formula is C9H7N3O2S. The van der Waals surface area contributed by atoms with Gasteiger partial charge in [-0.2, -0.15) is 0 Å². The quantitative estimate of drug-likeness (QED) is 0.479. The molecule has 0 aliphatic heterocycles. The summed E-state index contributed by atoms with van der Waals surface area (Å²) in [6.07, 6.45) is 1.59. The van der Waals surface area contributed by atoms with E-state index in [-0.39, 0.29) is 5.69 Å². The van der Waals surface area contributed by atoms with Gasteiger partial charge in [-0.1, -0.05) is 6.07 Å². The third-order valence-corrected chi connectivity index (χ3v) is 2.71. The SMILES string of the molecule is Nc1cccc([N+](=O)[O-])c1-c1nccs1. The molecule has 1 aromatic heterocycles. The summed E-state index contributed by atoms with van der Waals surface area (Å²) in [4.78, 5) is 14.4. The van der Waals surface area contributed by atoms with Gasteiger partial charge in [0.15, 0.2) is 0 Å². The van der Waals surface area contributed by atoms with Gasteiger partial charge >= 0.3 is 0 Å². The molecule has 2 rings (SSSR count). The lowest BCUT2D eigenvalue weighted by Crippen LogP contribution is -1.96. The molecular weight excluding hydrogens is 214 g/mol. The number of nitrogen functional groups attached to an aromatic ring is 1. The number of benzene rings is 1. The van der Waals surface area contributed by atoms with Crippen LogP contribution in [0.15, 0.2) is 29.8 Å². The predicted octanol–water partition coefficient (Wildman–Crippen LogP) is 2.30. The van der Waals surface area contributed by atoms with E-state index in [4.69, 9.17) is 5.73 Å². The fraction of sp³-hybridized carbons (Fsp3) is 0. The van der Waals surface area contributed by atoms with Crippen molar-refractivity contribution in [3.63, 3.8) is 0 Å². The molecule has 5 nitrogen and oxygen atoms in total. The highest BCUT2D eigenvalue weighted by molar-refractivity contribution is 7.13. The Morgan fingerprint density at radius 1 is 1.47 bits per heavy atom. The van der Waals surface area contributed by atoms with Crippen molar-refractivity contribution in [2.75, 3.05) is 5.73 Å². The molecule has 76 valence electrons. The maximum atomic E-state index is 10.8. The van der Waals surface area contributed by atoms with Gasteiger partial charge < -0.3 is 5.73 Å². The largest absolute Gasteiger partial charge is 0.398 e. The van der Waals surface area contributed by atoms with Crippen LogP contribution in [0.5, 0.6) is 0 Å². The van der Waals surface area contributed by atoms with Crippen LogP contribution in [0.4, 0.5) is 11.4 Å². The maximum Gasteiger partial charge on any atom is 0.281 e. The molecule has 1 heterocycles. The summed E-state index contributed by atoms with van der Waals surface area (Å²) in [6, 6.07) is 4.61. The van der Waals surface area contributed by atoms with Crippen LogP contribution in [0.2, 0.25) is 0 Å². The van der Waals surface area contributed by atoms with Crippen molar-refractivity contribution in [2.24, 2.45) is 0 Å². The highest BCUT2D eigenvalue weighted by Crippen LogP contribution is 2.35. The molecule has 0 fully saturated rings. The van der Waals surface area contributed by atoms with Gasteiger partial charge in [0.1, 0.15) is 10.6 Å². The monoisotopic (exact) mass is 221 g/mol. The Labute approximate surface area is 89.3 Å². The van der Waals surface area contributed by atoms with Crippen molar-refractivity contribution in [1.29, 1.82) is 0 Å². The van der Waals surface area contributed by atoms with Gasteiger partial charge in [0.25, 0.3) is 5.69 Å². The summed E-state index contributed by atoms with van der Waals surface area (Å²) < 4.78 is 0. The zero-order valence-electron chi connectivity index (χ0n) is 7.58. The van der Waals surface area contributed by atoms with E-state index in [0.717, 1.165) is 0 Å². The number of nitrogens with two attached hydrogens (primary N) is 1. The summed E-state index contributed by atoms with van der Waals surface area (Å²) in [5.41, 5.74) is 6.48. The fourth-order valence-corrected chi connectivity index (χ4v) is 2.00. The van der Waals surface area contributed by atoms with Gasteiger partial charge in [0.2, 0.25) is 0 Å². The van der Waals surface area contributed by atoms with Gasteiger partial charge in [-0.05, 0) is 6.07 Å². The van der Waals surface area contributed by atoms with Crippen LogP contribution < -0.4 is 5.73 Å². The highest BCUT2D eigenvalue weighted by atomic mass is 32.1. The van der Waals surface area contributed by atoms with Crippen LogP contribution in [0.1, 0.15) is 0 Å². The lowest BCUT2D eigenvalue weighted by Gasteiger charge is -2.02. The predicted molar refractivity (Wildman–Crippen MR) is 58.6 cm³/mol. The second kappa shape index (κ2) is 3.66. The zero-order valence-corrected chi connectivity index (χ0v) is 8.40. The van der Waals surface area contributed by atoms with Crippen molar-refractivity contribution >= 4 is 22.7 Å². The topological polar surface area (TPSA) is 82.0 Å². The molecule has 0 bridgehead atoms. The third kappa shape index (κ3) is 1.66. The smallest absolute Gasteiger partial charge is 0.281 e. The first-order valence-corrected chi connectivity index (χ1v) is 5.01. The minimum Gasteiger partial charge on any atom is -0.398 e. The first-order chi connectivity index (χ1) is 7.20. The number of nitrogens with zero attached hydrogens (tertiary/aromatic N) is 2. The Hall–Kier alpha value is -1.95. The number of anilines is 1. The van der Waals surface area contributed by atoms with Crippen LogP contribution >= 0.6 is 11.3 Å². The first kappa shape index (κ1) is 9.60. The van der Waals surface area contributed by atoms with Gasteiger partial charge in [0, 0.05) is 23.3 Å². The molecule has 0 aliphatic rings. The molecule has 6 heteroatoms. The summed E-state index contributed by atoms with van der Waals surface area (Å²) in [5, 5.41) is 13.1. The van der Waals surface area contributed by atoms with E-state index in [1.807, 2.05) is 0 Å². The number of hydrogen-bond donors (Lipinski definition) is 1. The number of nitro groups is 1. The highest BCUT2D eigenvalue weighted by Gasteiger charge is 2.19. The van der Waals surface area contributed by atoms with Crippen LogP contribution in [0, 0.1) is 10.1 Å². The van der Waals surface area contributed by atoms with Gasteiger partial charge in [-0.15, -0.1) is 11.3 Å². The number of hydrogen-bond acceptors (Lipinski definition) is 5. The Balaban J connectivity index is 2.68. The molecule has 0 saturated heterocycles. The molecule has 0 atom stereocenters. The summed E-state index contributed by atoms with van der Waals surface area (Å²) in [6.45, 7) is 0. The van der Waals surface area contributed by atoms with Crippen LogP contribution in [0.25, 0.3) is 10.6 Å². The molecule has 0 radical (unpaired) electrons. The molecule has 2 N–H and O–H groups in total. The summed E-state index contributed by atoms with van der Waals surface area (Å²) in [7, 11) is 0. The van der Waals surface area contributed by atoms with Crippen LogP contribution in [0.3, 0.4) is 0 Å². The van der Waals surface area contributed by atoms with Crippen molar-refractivity contribution in [3.05, 3.63) is 39.9 Å².